The number of rotatable bonds is 1. The van der Waals surface area contributed by atoms with E-state index in [4.69, 9.17) is 4.74 Å². The van der Waals surface area contributed by atoms with Crippen LogP contribution in [0.15, 0.2) is 40.9 Å². The number of allylic oxidation sites excluding steroid dienone is 5. The van der Waals surface area contributed by atoms with Gasteiger partial charge in [0, 0.05) is 23.1 Å². The van der Waals surface area contributed by atoms with E-state index in [9.17, 15) is 10.4 Å². The van der Waals surface area contributed by atoms with Crippen molar-refractivity contribution in [3.05, 3.63) is 46.2 Å². The molecule has 0 aromatic carbocycles. The summed E-state index contributed by atoms with van der Waals surface area (Å²) in [5.41, 5.74) is 4.00. The minimum atomic E-state index is -0.394. The van der Waals surface area contributed by atoms with Crippen molar-refractivity contribution >= 4 is 11.6 Å². The molecule has 0 radical (unpaired) electrons. The standard InChI is InChI=1S/C18H20N3O3/c22-21(23)15-3-1-14(2-4-15)16-19-20-17(24-16)18-8-11-5-12(9-18)7-13(6-11)10-18/h1-4,11-13,19H,5-10H2/q-1. The molecule has 4 bridgehead atoms. The molecule has 1 aliphatic heterocycles. The van der Waals surface area contributed by atoms with Gasteiger partial charge in [0.1, 0.15) is 0 Å². The van der Waals surface area contributed by atoms with Gasteiger partial charge in [-0.05, 0) is 68.4 Å². The molecule has 24 heavy (non-hydrogen) atoms. The number of nitrogens with zero attached hydrogens (tertiary/aromatic N) is 2. The van der Waals surface area contributed by atoms with Crippen LogP contribution >= 0.6 is 0 Å². The van der Waals surface area contributed by atoms with Crippen LogP contribution in [-0.2, 0) is 4.74 Å². The lowest BCUT2D eigenvalue weighted by molar-refractivity contribution is -0.377. The van der Waals surface area contributed by atoms with Crippen LogP contribution in [0.1, 0.15) is 38.5 Å². The van der Waals surface area contributed by atoms with E-state index in [1.807, 2.05) is 0 Å². The van der Waals surface area contributed by atoms with E-state index in [-0.39, 0.29) is 11.1 Å². The van der Waals surface area contributed by atoms with E-state index in [0.717, 1.165) is 29.2 Å². The molecular formula is C18H20N3O3-. The number of nitrogens with one attached hydrogen (secondary N) is 1. The van der Waals surface area contributed by atoms with Crippen molar-refractivity contribution in [1.29, 1.82) is 0 Å². The van der Waals surface area contributed by atoms with Crippen LogP contribution in [0, 0.1) is 33.6 Å². The molecule has 1 heterocycles. The van der Waals surface area contributed by atoms with Gasteiger partial charge in [-0.3, -0.25) is 0 Å². The minimum Gasteiger partial charge on any atom is -0.612 e. The third-order valence-corrected chi connectivity index (χ3v) is 6.29. The molecule has 0 spiro atoms. The summed E-state index contributed by atoms with van der Waals surface area (Å²) in [6.07, 6.45) is 14.2. The molecule has 0 amide bonds. The lowest BCUT2D eigenvalue weighted by Gasteiger charge is -2.55. The summed E-state index contributed by atoms with van der Waals surface area (Å²) in [6.45, 7) is 0. The van der Waals surface area contributed by atoms with Gasteiger partial charge in [-0.1, -0.05) is 0 Å². The Morgan fingerprint density at radius 1 is 1.00 bits per heavy atom. The van der Waals surface area contributed by atoms with Crippen LogP contribution in [0.5, 0.6) is 0 Å². The Balaban J connectivity index is 1.38. The van der Waals surface area contributed by atoms with E-state index < -0.39 is 4.90 Å². The molecule has 4 saturated carbocycles. The molecule has 6 aliphatic rings. The molecular weight excluding hydrogens is 306 g/mol. The van der Waals surface area contributed by atoms with Crippen molar-refractivity contribution in [3.8, 4) is 0 Å². The fourth-order valence-electron chi connectivity index (χ4n) is 5.70. The molecule has 0 atom stereocenters. The Morgan fingerprint density at radius 3 is 2.12 bits per heavy atom. The number of hydrazone groups is 1. The third-order valence-electron chi connectivity index (χ3n) is 6.29. The summed E-state index contributed by atoms with van der Waals surface area (Å²) in [4.78, 5) is -0.394. The first kappa shape index (κ1) is 14.1. The summed E-state index contributed by atoms with van der Waals surface area (Å²) < 4.78 is 6.12. The quantitative estimate of drug-likeness (QED) is 0.593. The smallest absolute Gasteiger partial charge is 0.222 e. The maximum Gasteiger partial charge on any atom is 0.222 e. The van der Waals surface area contributed by atoms with Crippen LogP contribution in [-0.4, -0.2) is 16.5 Å². The Labute approximate surface area is 140 Å². The summed E-state index contributed by atoms with van der Waals surface area (Å²) in [6, 6.07) is 0. The number of ether oxygens (including phenoxy) is 1. The predicted molar refractivity (Wildman–Crippen MR) is 89.6 cm³/mol. The van der Waals surface area contributed by atoms with Gasteiger partial charge in [0.2, 0.25) is 17.5 Å². The summed E-state index contributed by atoms with van der Waals surface area (Å²) in [5.74, 6) is 3.95. The highest BCUT2D eigenvalue weighted by molar-refractivity contribution is 6.02. The van der Waals surface area contributed by atoms with Gasteiger partial charge in [0.25, 0.3) is 0 Å². The highest BCUT2D eigenvalue weighted by atomic mass is 16.8. The van der Waals surface area contributed by atoms with Gasteiger partial charge < -0.3 is 15.2 Å². The van der Waals surface area contributed by atoms with Crippen LogP contribution in [0.4, 0.5) is 0 Å². The van der Waals surface area contributed by atoms with Crippen molar-refractivity contribution in [3.63, 3.8) is 0 Å². The summed E-state index contributed by atoms with van der Waals surface area (Å²) in [5, 5.41) is 26.1. The SMILES string of the molecule is [O-][N+]([O-])=C1C=CC(=C2NN=C(C34CC5CC(CC(C5)C3)C4)O2)C=C1. The van der Waals surface area contributed by atoms with Crippen LogP contribution in [0.2, 0.25) is 0 Å². The first-order chi connectivity index (χ1) is 11.6. The molecule has 1 N–H and O–H groups in total. The number of hydrogen-bond acceptors (Lipinski definition) is 5. The van der Waals surface area contributed by atoms with Crippen molar-refractivity contribution in [2.75, 3.05) is 0 Å². The average molecular weight is 326 g/mol. The first-order valence-corrected chi connectivity index (χ1v) is 8.75. The van der Waals surface area contributed by atoms with E-state index in [2.05, 4.69) is 10.5 Å². The lowest BCUT2D eigenvalue weighted by Crippen LogP contribution is -2.50. The summed E-state index contributed by atoms with van der Waals surface area (Å²) in [7, 11) is 0. The van der Waals surface area contributed by atoms with Gasteiger partial charge in [0.15, 0.2) is 0 Å². The van der Waals surface area contributed by atoms with Gasteiger partial charge in [-0.2, -0.15) is 4.90 Å². The second-order valence-electron chi connectivity index (χ2n) is 7.96. The van der Waals surface area contributed by atoms with Gasteiger partial charge in [-0.25, -0.2) is 5.43 Å². The molecule has 0 saturated heterocycles. The zero-order valence-corrected chi connectivity index (χ0v) is 13.4. The highest BCUT2D eigenvalue weighted by Gasteiger charge is 2.55. The van der Waals surface area contributed by atoms with Gasteiger partial charge in [-0.15, -0.1) is 5.10 Å². The van der Waals surface area contributed by atoms with Crippen molar-refractivity contribution in [2.24, 2.45) is 28.3 Å². The van der Waals surface area contributed by atoms with E-state index >= 15 is 0 Å². The Morgan fingerprint density at radius 2 is 1.58 bits per heavy atom. The van der Waals surface area contributed by atoms with Gasteiger partial charge >= 0.3 is 0 Å². The zero-order valence-electron chi connectivity index (χ0n) is 13.4. The Kier molecular flexibility index (Phi) is 2.87. The predicted octanol–water partition coefficient (Wildman–Crippen LogP) is 2.92. The summed E-state index contributed by atoms with van der Waals surface area (Å²) >= 11 is 0. The van der Waals surface area contributed by atoms with Crippen LogP contribution in [0.3, 0.4) is 0 Å². The fraction of sp³-hybridized carbons (Fsp3) is 0.556. The van der Waals surface area contributed by atoms with E-state index in [1.165, 1.54) is 50.7 Å². The largest absolute Gasteiger partial charge is 0.612 e. The maximum atomic E-state index is 10.8. The average Bonchev–Trinajstić information content (AvgIpc) is 3.04. The highest BCUT2D eigenvalue weighted by Crippen LogP contribution is 2.61. The van der Waals surface area contributed by atoms with Crippen molar-refractivity contribution in [2.45, 2.75) is 38.5 Å². The van der Waals surface area contributed by atoms with E-state index in [1.54, 1.807) is 12.2 Å². The van der Waals surface area contributed by atoms with Gasteiger partial charge in [0.05, 0.1) is 0 Å². The van der Waals surface area contributed by atoms with Crippen LogP contribution < -0.4 is 5.43 Å². The van der Waals surface area contributed by atoms with Crippen LogP contribution in [0.25, 0.3) is 0 Å². The second kappa shape index (κ2) is 4.88. The topological polar surface area (TPSA) is 82.8 Å². The zero-order chi connectivity index (χ0) is 16.3. The molecule has 4 fully saturated rings. The molecule has 0 aromatic rings. The monoisotopic (exact) mass is 326 g/mol. The molecule has 0 aromatic heterocycles. The fourth-order valence-corrected chi connectivity index (χ4v) is 5.70. The minimum absolute atomic E-state index is 0.0829. The molecule has 6 heteroatoms. The molecule has 6 rings (SSSR count). The first-order valence-electron chi connectivity index (χ1n) is 8.75. The van der Waals surface area contributed by atoms with Crippen molar-refractivity contribution in [1.82, 2.24) is 5.43 Å². The maximum absolute atomic E-state index is 10.8. The second-order valence-corrected chi connectivity index (χ2v) is 7.96. The normalized spacial score (nSPS) is 39.1. The molecule has 126 valence electrons. The van der Waals surface area contributed by atoms with Crippen molar-refractivity contribution < 1.29 is 9.64 Å². The Bertz CT molecular complexity index is 687. The number of hydrogen-bond donors (Lipinski definition) is 1. The lowest BCUT2D eigenvalue weighted by atomic mass is 9.49. The molecule has 6 nitrogen and oxygen atoms in total. The molecule has 0 unspecified atom stereocenters. The Hall–Kier alpha value is -2.24. The molecule has 5 aliphatic carbocycles. The third kappa shape index (κ3) is 2.08. The van der Waals surface area contributed by atoms with E-state index in [0.29, 0.717) is 5.88 Å².